The SMILES string of the molecule is COc1cc(C=O)ccc1OC(=O)CNC(=O)[C@@H]1CC(C)CC[C@H]1C(C)C. The quantitative estimate of drug-likeness (QED) is 0.449. The topological polar surface area (TPSA) is 81.7 Å². The van der Waals surface area contributed by atoms with Crippen molar-refractivity contribution in [2.24, 2.45) is 23.7 Å². The molecule has 1 saturated carbocycles. The van der Waals surface area contributed by atoms with Gasteiger partial charge in [-0.25, -0.2) is 4.79 Å². The average Bonchev–Trinajstić information content (AvgIpc) is 2.66. The van der Waals surface area contributed by atoms with Gasteiger partial charge in [0.25, 0.3) is 0 Å². The van der Waals surface area contributed by atoms with Gasteiger partial charge >= 0.3 is 5.97 Å². The van der Waals surface area contributed by atoms with Crippen LogP contribution < -0.4 is 14.8 Å². The van der Waals surface area contributed by atoms with E-state index in [0.717, 1.165) is 19.3 Å². The lowest BCUT2D eigenvalue weighted by atomic mass is 9.70. The highest BCUT2D eigenvalue weighted by atomic mass is 16.6. The number of ether oxygens (including phenoxy) is 2. The number of carbonyl (C=O) groups excluding carboxylic acids is 3. The zero-order valence-electron chi connectivity index (χ0n) is 16.5. The Balaban J connectivity index is 1.94. The van der Waals surface area contributed by atoms with E-state index in [1.807, 2.05) is 0 Å². The summed E-state index contributed by atoms with van der Waals surface area (Å²) in [5.41, 5.74) is 0.422. The van der Waals surface area contributed by atoms with Gasteiger partial charge in [-0.05, 0) is 48.8 Å². The van der Waals surface area contributed by atoms with E-state index in [4.69, 9.17) is 9.47 Å². The summed E-state index contributed by atoms with van der Waals surface area (Å²) in [6, 6.07) is 4.53. The summed E-state index contributed by atoms with van der Waals surface area (Å²) in [5.74, 6) is 1.07. The zero-order valence-corrected chi connectivity index (χ0v) is 16.5. The molecule has 1 N–H and O–H groups in total. The van der Waals surface area contributed by atoms with Crippen molar-refractivity contribution in [2.45, 2.75) is 40.0 Å². The van der Waals surface area contributed by atoms with Gasteiger partial charge in [-0.2, -0.15) is 0 Å². The molecule has 0 radical (unpaired) electrons. The van der Waals surface area contributed by atoms with Gasteiger partial charge in [-0.1, -0.05) is 27.2 Å². The third-order valence-corrected chi connectivity index (χ3v) is 5.31. The van der Waals surface area contributed by atoms with Crippen molar-refractivity contribution in [2.75, 3.05) is 13.7 Å². The fraction of sp³-hybridized carbons (Fsp3) is 0.571. The van der Waals surface area contributed by atoms with E-state index in [-0.39, 0.29) is 24.1 Å². The number of methoxy groups -OCH3 is 1. The zero-order chi connectivity index (χ0) is 20.0. The Hall–Kier alpha value is -2.37. The van der Waals surface area contributed by atoms with Crippen molar-refractivity contribution in [3.05, 3.63) is 23.8 Å². The number of benzene rings is 1. The smallest absolute Gasteiger partial charge is 0.330 e. The van der Waals surface area contributed by atoms with Crippen LogP contribution in [0.2, 0.25) is 0 Å². The Morgan fingerprint density at radius 3 is 2.63 bits per heavy atom. The van der Waals surface area contributed by atoms with E-state index in [1.54, 1.807) is 0 Å². The van der Waals surface area contributed by atoms with E-state index in [2.05, 4.69) is 26.1 Å². The second kappa shape index (κ2) is 9.53. The van der Waals surface area contributed by atoms with E-state index >= 15 is 0 Å². The van der Waals surface area contributed by atoms with Crippen molar-refractivity contribution in [1.29, 1.82) is 0 Å². The second-order valence-corrected chi connectivity index (χ2v) is 7.65. The summed E-state index contributed by atoms with van der Waals surface area (Å²) in [5, 5.41) is 2.73. The highest BCUT2D eigenvalue weighted by Crippen LogP contribution is 2.38. The van der Waals surface area contributed by atoms with Crippen LogP contribution >= 0.6 is 0 Å². The Kier molecular flexibility index (Phi) is 7.39. The maximum atomic E-state index is 12.6. The van der Waals surface area contributed by atoms with Crippen LogP contribution in [0.4, 0.5) is 0 Å². The summed E-state index contributed by atoms with van der Waals surface area (Å²) < 4.78 is 10.4. The lowest BCUT2D eigenvalue weighted by molar-refractivity contribution is -0.137. The number of hydrogen-bond acceptors (Lipinski definition) is 5. The normalized spacial score (nSPS) is 22.2. The molecule has 1 fully saturated rings. The fourth-order valence-electron chi connectivity index (χ4n) is 3.79. The van der Waals surface area contributed by atoms with Gasteiger partial charge in [0.05, 0.1) is 7.11 Å². The number of nitrogens with one attached hydrogen (secondary N) is 1. The molecule has 1 amide bonds. The van der Waals surface area contributed by atoms with E-state index in [9.17, 15) is 14.4 Å². The van der Waals surface area contributed by atoms with Crippen LogP contribution in [-0.4, -0.2) is 31.8 Å². The Bertz CT molecular complexity index is 685. The number of hydrogen-bond donors (Lipinski definition) is 1. The summed E-state index contributed by atoms with van der Waals surface area (Å²) in [7, 11) is 1.43. The van der Waals surface area contributed by atoms with Crippen molar-refractivity contribution in [3.63, 3.8) is 0 Å². The number of esters is 1. The molecule has 1 aliphatic carbocycles. The van der Waals surface area contributed by atoms with E-state index < -0.39 is 5.97 Å². The molecular formula is C21H29NO5. The van der Waals surface area contributed by atoms with Crippen LogP contribution in [0.1, 0.15) is 50.4 Å². The molecule has 148 valence electrons. The highest BCUT2D eigenvalue weighted by Gasteiger charge is 2.35. The summed E-state index contributed by atoms with van der Waals surface area (Å²) in [6.45, 7) is 6.25. The lowest BCUT2D eigenvalue weighted by Gasteiger charge is -2.36. The predicted molar refractivity (Wildman–Crippen MR) is 102 cm³/mol. The summed E-state index contributed by atoms with van der Waals surface area (Å²) >= 11 is 0. The molecule has 1 aromatic rings. The van der Waals surface area contributed by atoms with Crippen LogP contribution in [0.5, 0.6) is 11.5 Å². The third-order valence-electron chi connectivity index (χ3n) is 5.31. The molecule has 0 saturated heterocycles. The number of carbonyl (C=O) groups is 3. The molecule has 6 heteroatoms. The first-order valence-electron chi connectivity index (χ1n) is 9.47. The van der Waals surface area contributed by atoms with Crippen LogP contribution in [0.15, 0.2) is 18.2 Å². The molecule has 2 rings (SSSR count). The van der Waals surface area contributed by atoms with Crippen molar-refractivity contribution in [1.82, 2.24) is 5.32 Å². The summed E-state index contributed by atoms with van der Waals surface area (Å²) in [6.07, 6.45) is 3.72. The molecule has 0 spiro atoms. The van der Waals surface area contributed by atoms with Gasteiger partial charge in [-0.3, -0.25) is 9.59 Å². The third kappa shape index (κ3) is 5.55. The van der Waals surface area contributed by atoms with Gasteiger partial charge in [0, 0.05) is 11.5 Å². The molecule has 27 heavy (non-hydrogen) atoms. The minimum Gasteiger partial charge on any atom is -0.493 e. The standard InChI is InChI=1S/C21H29NO5/c1-13(2)16-7-5-14(3)9-17(16)21(25)22-11-20(24)27-18-8-6-15(12-23)10-19(18)26-4/h6,8,10,12-14,16-17H,5,7,9,11H2,1-4H3,(H,22,25)/t14?,16-,17+/m0/s1. The van der Waals surface area contributed by atoms with Gasteiger partial charge < -0.3 is 14.8 Å². The second-order valence-electron chi connectivity index (χ2n) is 7.65. The Morgan fingerprint density at radius 2 is 2.00 bits per heavy atom. The molecule has 0 aromatic heterocycles. The van der Waals surface area contributed by atoms with E-state index in [1.165, 1.54) is 25.3 Å². The fourth-order valence-corrected chi connectivity index (χ4v) is 3.79. The molecule has 1 aliphatic rings. The molecule has 0 aliphatic heterocycles. The first kappa shape index (κ1) is 20.9. The highest BCUT2D eigenvalue weighted by molar-refractivity contribution is 5.85. The van der Waals surface area contributed by atoms with Crippen LogP contribution in [0.25, 0.3) is 0 Å². The Morgan fingerprint density at radius 1 is 1.26 bits per heavy atom. The largest absolute Gasteiger partial charge is 0.493 e. The van der Waals surface area contributed by atoms with Crippen LogP contribution in [-0.2, 0) is 9.59 Å². The van der Waals surface area contributed by atoms with Crippen LogP contribution in [0.3, 0.4) is 0 Å². The molecule has 0 heterocycles. The van der Waals surface area contributed by atoms with Crippen molar-refractivity contribution in [3.8, 4) is 11.5 Å². The predicted octanol–water partition coefficient (Wildman–Crippen LogP) is 3.24. The molecule has 1 unspecified atom stereocenters. The maximum Gasteiger partial charge on any atom is 0.330 e. The minimum atomic E-state index is -0.578. The number of amides is 1. The molecule has 0 bridgehead atoms. The Labute approximate surface area is 160 Å². The number of rotatable bonds is 7. The average molecular weight is 375 g/mol. The monoisotopic (exact) mass is 375 g/mol. The summed E-state index contributed by atoms with van der Waals surface area (Å²) in [4.78, 5) is 35.6. The molecular weight excluding hydrogens is 346 g/mol. The number of aldehydes is 1. The van der Waals surface area contributed by atoms with Crippen molar-refractivity contribution >= 4 is 18.2 Å². The minimum absolute atomic E-state index is 0.0667. The first-order chi connectivity index (χ1) is 12.8. The molecule has 1 aromatic carbocycles. The van der Waals surface area contributed by atoms with E-state index in [0.29, 0.717) is 35.4 Å². The molecule has 3 atom stereocenters. The molecule has 6 nitrogen and oxygen atoms in total. The van der Waals surface area contributed by atoms with Crippen LogP contribution in [0, 0.1) is 23.7 Å². The first-order valence-corrected chi connectivity index (χ1v) is 9.47. The van der Waals surface area contributed by atoms with Gasteiger partial charge in [-0.15, -0.1) is 0 Å². The lowest BCUT2D eigenvalue weighted by Crippen LogP contribution is -2.42. The van der Waals surface area contributed by atoms with Gasteiger partial charge in [0.15, 0.2) is 11.5 Å². The van der Waals surface area contributed by atoms with Crippen molar-refractivity contribution < 1.29 is 23.9 Å². The maximum absolute atomic E-state index is 12.6. The van der Waals surface area contributed by atoms with Gasteiger partial charge in [0.2, 0.25) is 5.91 Å². The van der Waals surface area contributed by atoms with Gasteiger partial charge in [0.1, 0.15) is 12.8 Å².